The zero-order valence-electron chi connectivity index (χ0n) is 10.9. The Kier molecular flexibility index (Phi) is 4.64. The zero-order valence-corrected chi connectivity index (χ0v) is 13.2. The Morgan fingerprint density at radius 1 is 1.11 bits per heavy atom. The summed E-state index contributed by atoms with van der Waals surface area (Å²) >= 11 is 9.32. The molecule has 2 aromatic rings. The molecule has 0 aliphatic carbocycles. The third kappa shape index (κ3) is 3.58. The van der Waals surface area contributed by atoms with Crippen LogP contribution in [0.25, 0.3) is 0 Å². The monoisotopic (exact) mass is 340 g/mol. The van der Waals surface area contributed by atoms with Gasteiger partial charge in [-0.15, -0.1) is 0 Å². The first-order valence-corrected chi connectivity index (χ1v) is 7.42. The van der Waals surface area contributed by atoms with E-state index in [1.54, 1.807) is 12.1 Å². The summed E-state index contributed by atoms with van der Waals surface area (Å²) in [4.78, 5) is -0.0492. The van der Waals surface area contributed by atoms with Gasteiger partial charge in [0.05, 0.1) is 0 Å². The quantitative estimate of drug-likeness (QED) is 0.621. The highest BCUT2D eigenvalue weighted by Gasteiger charge is 2.14. The molecule has 0 saturated heterocycles. The molecule has 0 aliphatic heterocycles. The number of rotatable bonds is 3. The summed E-state index contributed by atoms with van der Waals surface area (Å²) in [6, 6.07) is 11.1. The van der Waals surface area contributed by atoms with Gasteiger partial charge in [0.2, 0.25) is 0 Å². The van der Waals surface area contributed by atoms with Gasteiger partial charge in [-0.2, -0.15) is 0 Å². The smallest absolute Gasteiger partial charge is 0.129 e. The molecular weight excluding hydrogens is 327 g/mol. The molecular formula is C16H15BrClF. The summed E-state index contributed by atoms with van der Waals surface area (Å²) in [5.41, 5.74) is 4.36. The number of benzene rings is 2. The number of aryl methyl sites for hydroxylation is 2. The van der Waals surface area contributed by atoms with Crippen molar-refractivity contribution in [2.24, 2.45) is 0 Å². The average Bonchev–Trinajstić information content (AvgIpc) is 2.33. The van der Waals surface area contributed by atoms with Gasteiger partial charge in [0, 0.05) is 15.4 Å². The lowest BCUT2D eigenvalue weighted by Gasteiger charge is -2.13. The first-order valence-electron chi connectivity index (χ1n) is 6.12. The molecule has 2 rings (SSSR count). The summed E-state index contributed by atoms with van der Waals surface area (Å²) < 4.78 is 13.8. The van der Waals surface area contributed by atoms with Crippen LogP contribution in [-0.2, 0) is 6.42 Å². The summed E-state index contributed by atoms with van der Waals surface area (Å²) in [5.74, 6) is -0.266. The molecule has 3 heteroatoms. The van der Waals surface area contributed by atoms with Crippen molar-refractivity contribution in [1.82, 2.24) is 0 Å². The van der Waals surface area contributed by atoms with Crippen molar-refractivity contribution in [1.29, 1.82) is 0 Å². The van der Waals surface area contributed by atoms with Gasteiger partial charge >= 0.3 is 0 Å². The fourth-order valence-corrected chi connectivity index (χ4v) is 2.91. The molecule has 0 amide bonds. The van der Waals surface area contributed by atoms with E-state index >= 15 is 0 Å². The molecule has 0 saturated carbocycles. The Bertz CT molecular complexity index is 595. The first-order chi connectivity index (χ1) is 8.97. The fourth-order valence-electron chi connectivity index (χ4n) is 2.00. The predicted octanol–water partition coefficient (Wildman–Crippen LogP) is 5.77. The minimum absolute atomic E-state index is 0.0492. The molecule has 0 radical (unpaired) electrons. The van der Waals surface area contributed by atoms with Crippen molar-refractivity contribution >= 4 is 27.5 Å². The molecule has 0 aromatic heterocycles. The van der Waals surface area contributed by atoms with E-state index in [2.05, 4.69) is 48.0 Å². The summed E-state index contributed by atoms with van der Waals surface area (Å²) in [5, 5.41) is 0.423. The predicted molar refractivity (Wildman–Crippen MR) is 82.7 cm³/mol. The molecule has 0 bridgehead atoms. The van der Waals surface area contributed by atoms with E-state index in [0.717, 1.165) is 6.42 Å². The van der Waals surface area contributed by atoms with Crippen molar-refractivity contribution in [2.75, 3.05) is 0 Å². The van der Waals surface area contributed by atoms with Crippen LogP contribution in [-0.4, -0.2) is 0 Å². The molecule has 100 valence electrons. The molecule has 0 heterocycles. The second-order valence-electron chi connectivity index (χ2n) is 4.76. The maximum absolute atomic E-state index is 13.8. The standard InChI is InChI=1S/C16H15BrClF/c1-10-3-4-12(7-11(10)2)8-15(17)14-6-5-13(18)9-16(14)19/h3-7,9,15H,8H2,1-2H3. The Labute approximate surface area is 126 Å². The van der Waals surface area contributed by atoms with Crippen molar-refractivity contribution in [3.05, 3.63) is 69.5 Å². The van der Waals surface area contributed by atoms with E-state index in [4.69, 9.17) is 11.6 Å². The van der Waals surface area contributed by atoms with E-state index in [0.29, 0.717) is 10.6 Å². The maximum atomic E-state index is 13.8. The minimum Gasteiger partial charge on any atom is -0.207 e. The lowest BCUT2D eigenvalue weighted by Crippen LogP contribution is -1.99. The second-order valence-corrected chi connectivity index (χ2v) is 6.30. The highest BCUT2D eigenvalue weighted by molar-refractivity contribution is 9.09. The highest BCUT2D eigenvalue weighted by Crippen LogP contribution is 2.30. The van der Waals surface area contributed by atoms with Gasteiger partial charge in [0.15, 0.2) is 0 Å². The highest BCUT2D eigenvalue weighted by atomic mass is 79.9. The van der Waals surface area contributed by atoms with E-state index in [9.17, 15) is 4.39 Å². The number of hydrogen-bond donors (Lipinski definition) is 0. The van der Waals surface area contributed by atoms with Gasteiger partial charge in [-0.3, -0.25) is 0 Å². The van der Waals surface area contributed by atoms with Crippen LogP contribution >= 0.6 is 27.5 Å². The molecule has 0 N–H and O–H groups in total. The molecule has 19 heavy (non-hydrogen) atoms. The number of hydrogen-bond acceptors (Lipinski definition) is 0. The van der Waals surface area contributed by atoms with Crippen LogP contribution in [0.2, 0.25) is 5.02 Å². The Balaban J connectivity index is 2.20. The van der Waals surface area contributed by atoms with E-state index < -0.39 is 0 Å². The summed E-state index contributed by atoms with van der Waals surface area (Å²) in [6.45, 7) is 4.18. The van der Waals surface area contributed by atoms with Gasteiger partial charge < -0.3 is 0 Å². The molecule has 1 unspecified atom stereocenters. The van der Waals surface area contributed by atoms with Gasteiger partial charge in [-0.05, 0) is 49.1 Å². The SMILES string of the molecule is Cc1ccc(CC(Br)c2ccc(Cl)cc2F)cc1C. The van der Waals surface area contributed by atoms with Gasteiger partial charge in [-0.25, -0.2) is 4.39 Å². The first kappa shape index (κ1) is 14.5. The van der Waals surface area contributed by atoms with Crippen LogP contribution in [0, 0.1) is 19.7 Å². The topological polar surface area (TPSA) is 0 Å². The Hall–Kier alpha value is -0.860. The molecule has 2 aromatic carbocycles. The van der Waals surface area contributed by atoms with E-state index in [1.807, 2.05) is 0 Å². The minimum atomic E-state index is -0.266. The number of halogens is 3. The lowest BCUT2D eigenvalue weighted by molar-refractivity contribution is 0.608. The van der Waals surface area contributed by atoms with Crippen molar-refractivity contribution < 1.29 is 4.39 Å². The number of alkyl halides is 1. The van der Waals surface area contributed by atoms with Crippen LogP contribution in [0.15, 0.2) is 36.4 Å². The molecule has 0 fully saturated rings. The zero-order chi connectivity index (χ0) is 14.0. The van der Waals surface area contributed by atoms with E-state index in [-0.39, 0.29) is 10.6 Å². The van der Waals surface area contributed by atoms with Crippen molar-refractivity contribution in [3.8, 4) is 0 Å². The Morgan fingerprint density at radius 3 is 2.47 bits per heavy atom. The van der Waals surface area contributed by atoms with E-state index in [1.165, 1.54) is 22.8 Å². The Morgan fingerprint density at radius 2 is 1.84 bits per heavy atom. The summed E-state index contributed by atoms with van der Waals surface area (Å²) in [7, 11) is 0. The largest absolute Gasteiger partial charge is 0.207 e. The van der Waals surface area contributed by atoms with Crippen molar-refractivity contribution in [2.45, 2.75) is 25.1 Å². The van der Waals surface area contributed by atoms with Crippen LogP contribution in [0.4, 0.5) is 4.39 Å². The average molecular weight is 342 g/mol. The second kappa shape index (κ2) is 6.06. The normalized spacial score (nSPS) is 12.5. The van der Waals surface area contributed by atoms with Crippen molar-refractivity contribution in [3.63, 3.8) is 0 Å². The van der Waals surface area contributed by atoms with Gasteiger partial charge in [0.1, 0.15) is 5.82 Å². The van der Waals surface area contributed by atoms with Crippen LogP contribution in [0.5, 0.6) is 0 Å². The van der Waals surface area contributed by atoms with Crippen LogP contribution < -0.4 is 0 Å². The fraction of sp³-hybridized carbons (Fsp3) is 0.250. The van der Waals surface area contributed by atoms with Crippen LogP contribution in [0.3, 0.4) is 0 Å². The molecule has 1 atom stereocenters. The third-order valence-corrected chi connectivity index (χ3v) is 4.34. The third-order valence-electron chi connectivity index (χ3n) is 3.29. The van der Waals surface area contributed by atoms with Crippen LogP contribution in [0.1, 0.15) is 27.1 Å². The van der Waals surface area contributed by atoms with Gasteiger partial charge in [0.25, 0.3) is 0 Å². The maximum Gasteiger partial charge on any atom is 0.129 e. The molecule has 0 aliphatic rings. The summed E-state index contributed by atoms with van der Waals surface area (Å²) in [6.07, 6.45) is 0.750. The van der Waals surface area contributed by atoms with Gasteiger partial charge in [-0.1, -0.05) is 51.8 Å². The lowest BCUT2D eigenvalue weighted by atomic mass is 10.0. The molecule has 0 spiro atoms. The molecule has 0 nitrogen and oxygen atoms in total.